The average Bonchev–Trinajstić information content (AvgIpc) is 3.64. The van der Waals surface area contributed by atoms with Crippen molar-refractivity contribution in [2.45, 2.75) is 13.5 Å². The van der Waals surface area contributed by atoms with Crippen LogP contribution in [0.4, 0.5) is 0 Å². The highest BCUT2D eigenvalue weighted by Crippen LogP contribution is 2.32. The Hall–Kier alpha value is -4.91. The van der Waals surface area contributed by atoms with Gasteiger partial charge in [-0.1, -0.05) is 18.2 Å². The van der Waals surface area contributed by atoms with Gasteiger partial charge in [-0.25, -0.2) is 14.6 Å². The highest BCUT2D eigenvalue weighted by Gasteiger charge is 2.31. The number of amides is 2. The molecule has 1 aliphatic heterocycles. The van der Waals surface area contributed by atoms with Crippen molar-refractivity contribution in [1.82, 2.24) is 34.5 Å². The summed E-state index contributed by atoms with van der Waals surface area (Å²) in [4.78, 5) is 65.2. The second-order valence-electron chi connectivity index (χ2n) is 9.18. The summed E-state index contributed by atoms with van der Waals surface area (Å²) in [5.41, 5.74) is 1.14. The molecular formula is C27H27N7O6. The van der Waals surface area contributed by atoms with Crippen LogP contribution < -0.4 is 4.74 Å². The summed E-state index contributed by atoms with van der Waals surface area (Å²) in [6.45, 7) is 2.54. The molecule has 206 valence electrons. The summed E-state index contributed by atoms with van der Waals surface area (Å²) >= 11 is 0. The predicted molar refractivity (Wildman–Crippen MR) is 141 cm³/mol. The Morgan fingerprint density at radius 2 is 1.73 bits per heavy atom. The molecule has 13 nitrogen and oxygen atoms in total. The Balaban J connectivity index is 1.33. The number of methoxy groups -OCH3 is 1. The molecule has 0 unspecified atom stereocenters. The van der Waals surface area contributed by atoms with Gasteiger partial charge < -0.3 is 24.3 Å². The van der Waals surface area contributed by atoms with Gasteiger partial charge in [0.05, 0.1) is 29.8 Å². The Morgan fingerprint density at radius 1 is 1.00 bits per heavy atom. The van der Waals surface area contributed by atoms with Crippen molar-refractivity contribution in [2.24, 2.45) is 0 Å². The Bertz CT molecular complexity index is 1570. The first-order valence-corrected chi connectivity index (χ1v) is 12.6. The largest absolute Gasteiger partial charge is 0.494 e. The topological polar surface area (TPSA) is 153 Å². The molecule has 0 atom stereocenters. The van der Waals surface area contributed by atoms with Crippen LogP contribution in [0, 0.1) is 0 Å². The minimum Gasteiger partial charge on any atom is -0.494 e. The van der Waals surface area contributed by atoms with Crippen LogP contribution in [0.2, 0.25) is 0 Å². The minimum atomic E-state index is -0.707. The van der Waals surface area contributed by atoms with Crippen LogP contribution in [-0.2, 0) is 20.9 Å². The van der Waals surface area contributed by atoms with Gasteiger partial charge in [-0.15, -0.1) is 5.10 Å². The quantitative estimate of drug-likeness (QED) is 0.243. The van der Waals surface area contributed by atoms with E-state index in [4.69, 9.17) is 9.47 Å². The van der Waals surface area contributed by atoms with Gasteiger partial charge in [-0.3, -0.25) is 19.2 Å². The molecule has 0 spiro atoms. The summed E-state index contributed by atoms with van der Waals surface area (Å²) in [7, 11) is 1.45. The standard InChI is InChI=1S/C27H27N7O6/c1-17(35)14-40-15-21-30-16-34(31-21)25-23-22(20(39-2)13-29-25)19(12-28-23)24(36)27(38)33-10-8-32(9-11-33)26(37)18-6-4-3-5-7-18/h3-7,12-13,16,28H,8-11,14-15H2,1-2H3. The van der Waals surface area contributed by atoms with Crippen molar-refractivity contribution < 1.29 is 28.7 Å². The maximum atomic E-state index is 13.4. The molecule has 0 radical (unpaired) electrons. The maximum absolute atomic E-state index is 13.4. The van der Waals surface area contributed by atoms with Gasteiger partial charge in [0, 0.05) is 37.9 Å². The van der Waals surface area contributed by atoms with Gasteiger partial charge in [0.25, 0.3) is 17.6 Å². The van der Waals surface area contributed by atoms with Gasteiger partial charge in [-0.05, 0) is 19.1 Å². The molecule has 0 saturated carbocycles. The van der Waals surface area contributed by atoms with Gasteiger partial charge in [0.1, 0.15) is 25.3 Å². The van der Waals surface area contributed by atoms with E-state index in [-0.39, 0.29) is 43.6 Å². The molecule has 0 bridgehead atoms. The zero-order chi connectivity index (χ0) is 28.2. The van der Waals surface area contributed by atoms with Crippen LogP contribution in [0.1, 0.15) is 33.5 Å². The van der Waals surface area contributed by atoms with E-state index in [2.05, 4.69) is 20.1 Å². The fourth-order valence-electron chi connectivity index (χ4n) is 4.50. The van der Waals surface area contributed by atoms with E-state index >= 15 is 0 Å². The highest BCUT2D eigenvalue weighted by molar-refractivity contribution is 6.45. The van der Waals surface area contributed by atoms with E-state index in [0.717, 1.165) is 0 Å². The molecule has 0 aliphatic carbocycles. The number of nitrogens with zero attached hydrogens (tertiary/aromatic N) is 6. The molecule has 1 fully saturated rings. The number of aromatic amines is 1. The molecule has 13 heteroatoms. The van der Waals surface area contributed by atoms with E-state index in [9.17, 15) is 19.2 Å². The number of carbonyl (C=O) groups is 4. The fourth-order valence-corrected chi connectivity index (χ4v) is 4.50. The van der Waals surface area contributed by atoms with Crippen LogP contribution in [-0.4, -0.2) is 97.8 Å². The predicted octanol–water partition coefficient (Wildman–Crippen LogP) is 1.43. The maximum Gasteiger partial charge on any atom is 0.295 e. The second-order valence-corrected chi connectivity index (χ2v) is 9.18. The van der Waals surface area contributed by atoms with Crippen molar-refractivity contribution in [3.8, 4) is 11.6 Å². The Labute approximate surface area is 228 Å². The SMILES string of the molecule is COc1cnc(-n2cnc(COCC(C)=O)n2)c2[nH]cc(C(=O)C(=O)N3CCN(C(=O)c4ccccc4)CC3)c12. The third kappa shape index (κ3) is 5.31. The smallest absolute Gasteiger partial charge is 0.295 e. The molecule has 1 aromatic carbocycles. The van der Waals surface area contributed by atoms with Crippen molar-refractivity contribution in [3.63, 3.8) is 0 Å². The molecule has 1 saturated heterocycles. The van der Waals surface area contributed by atoms with Gasteiger partial charge in [0.15, 0.2) is 17.4 Å². The first kappa shape index (κ1) is 26.7. The number of aromatic nitrogens is 5. The Morgan fingerprint density at radius 3 is 2.42 bits per heavy atom. The number of carbonyl (C=O) groups excluding carboxylic acids is 4. The van der Waals surface area contributed by atoms with Crippen molar-refractivity contribution in [2.75, 3.05) is 39.9 Å². The summed E-state index contributed by atoms with van der Waals surface area (Å²) in [6, 6.07) is 8.94. The molecule has 2 amide bonds. The first-order valence-electron chi connectivity index (χ1n) is 12.6. The van der Waals surface area contributed by atoms with Gasteiger partial charge in [0.2, 0.25) is 0 Å². The third-order valence-corrected chi connectivity index (χ3v) is 6.48. The lowest BCUT2D eigenvalue weighted by Crippen LogP contribution is -2.52. The van der Waals surface area contributed by atoms with Crippen LogP contribution >= 0.6 is 0 Å². The number of fused-ring (bicyclic) bond motifs is 1. The number of nitrogens with one attached hydrogen (secondary N) is 1. The molecule has 1 aliphatic rings. The van der Waals surface area contributed by atoms with E-state index in [0.29, 0.717) is 46.9 Å². The number of hydrogen-bond acceptors (Lipinski definition) is 9. The molecular weight excluding hydrogens is 518 g/mol. The number of ether oxygens (including phenoxy) is 2. The average molecular weight is 546 g/mol. The number of rotatable bonds is 9. The number of ketones is 2. The summed E-state index contributed by atoms with van der Waals surface area (Å²) in [6.07, 6.45) is 4.32. The fraction of sp³-hybridized carbons (Fsp3) is 0.296. The zero-order valence-electron chi connectivity index (χ0n) is 22.0. The molecule has 4 aromatic rings. The highest BCUT2D eigenvalue weighted by atomic mass is 16.5. The normalized spacial score (nSPS) is 13.4. The van der Waals surface area contributed by atoms with Crippen molar-refractivity contribution in [1.29, 1.82) is 0 Å². The lowest BCUT2D eigenvalue weighted by Gasteiger charge is -2.34. The molecule has 1 N–H and O–H groups in total. The van der Waals surface area contributed by atoms with Crippen LogP contribution in [0.15, 0.2) is 49.1 Å². The number of pyridine rings is 1. The Kier molecular flexibility index (Phi) is 7.64. The number of hydrogen-bond donors (Lipinski definition) is 1. The summed E-state index contributed by atoms with van der Waals surface area (Å²) in [5, 5.41) is 4.73. The monoisotopic (exact) mass is 545 g/mol. The van der Waals surface area contributed by atoms with E-state index < -0.39 is 11.7 Å². The first-order chi connectivity index (χ1) is 19.4. The lowest BCUT2D eigenvalue weighted by molar-refractivity contribution is -0.127. The van der Waals surface area contributed by atoms with E-state index in [1.807, 2.05) is 6.07 Å². The second kappa shape index (κ2) is 11.5. The molecule has 40 heavy (non-hydrogen) atoms. The number of benzene rings is 1. The summed E-state index contributed by atoms with van der Waals surface area (Å²) < 4.78 is 12.1. The van der Waals surface area contributed by atoms with Gasteiger partial charge >= 0.3 is 0 Å². The lowest BCUT2D eigenvalue weighted by atomic mass is 10.1. The molecule has 4 heterocycles. The van der Waals surface area contributed by atoms with Crippen LogP contribution in [0.3, 0.4) is 0 Å². The van der Waals surface area contributed by atoms with E-state index in [1.54, 1.807) is 29.2 Å². The molecule has 3 aromatic heterocycles. The van der Waals surface area contributed by atoms with Gasteiger partial charge in [-0.2, -0.15) is 0 Å². The van der Waals surface area contributed by atoms with Crippen molar-refractivity contribution in [3.05, 3.63) is 66.0 Å². The van der Waals surface area contributed by atoms with E-state index in [1.165, 1.54) is 42.3 Å². The van der Waals surface area contributed by atoms with Crippen molar-refractivity contribution >= 4 is 34.3 Å². The molecule has 5 rings (SSSR count). The number of H-pyrrole nitrogens is 1. The number of piperazine rings is 1. The zero-order valence-corrected chi connectivity index (χ0v) is 22.0. The summed E-state index contributed by atoms with van der Waals surface area (Å²) in [5.74, 6) is -0.615. The van der Waals surface area contributed by atoms with Crippen LogP contribution in [0.25, 0.3) is 16.7 Å². The number of Topliss-reactive ketones (excluding diaryl/α,β-unsaturated/α-hetero) is 2. The minimum absolute atomic E-state index is 0.0407. The third-order valence-electron chi connectivity index (χ3n) is 6.48. The van der Waals surface area contributed by atoms with Crippen LogP contribution in [0.5, 0.6) is 5.75 Å².